The van der Waals surface area contributed by atoms with E-state index in [1.54, 1.807) is 6.20 Å². The highest BCUT2D eigenvalue weighted by Gasteiger charge is 2.09. The number of imidazole rings is 1. The molecular weight excluding hydrogens is 372 g/mol. The molecule has 30 heavy (non-hydrogen) atoms. The number of carbonyl (C=O) groups excluding carboxylic acids is 1. The molecule has 0 aliphatic heterocycles. The number of amides is 1. The monoisotopic (exact) mass is 390 g/mol. The predicted molar refractivity (Wildman–Crippen MR) is 118 cm³/mol. The van der Waals surface area contributed by atoms with Crippen LogP contribution in [0, 0.1) is 0 Å². The third-order valence-electron chi connectivity index (χ3n) is 4.91. The van der Waals surface area contributed by atoms with Crippen LogP contribution in [0.4, 0.5) is 5.69 Å². The van der Waals surface area contributed by atoms with Gasteiger partial charge in [-0.25, -0.2) is 9.97 Å². The number of benzene rings is 3. The van der Waals surface area contributed by atoms with Gasteiger partial charge in [0.15, 0.2) is 0 Å². The molecule has 0 unspecified atom stereocenters. The number of hydrogen-bond acceptors (Lipinski definition) is 3. The van der Waals surface area contributed by atoms with Gasteiger partial charge in [0.1, 0.15) is 0 Å². The van der Waals surface area contributed by atoms with Crippen molar-refractivity contribution in [1.29, 1.82) is 0 Å². The molecule has 1 amide bonds. The number of nitrogens with one attached hydrogen (secondary N) is 1. The lowest BCUT2D eigenvalue weighted by atomic mass is 10.0. The van der Waals surface area contributed by atoms with E-state index in [-0.39, 0.29) is 5.91 Å². The average Bonchev–Trinajstić information content (AvgIpc) is 3.24. The minimum Gasteiger partial charge on any atom is -0.322 e. The Bertz CT molecular complexity index is 1290. The number of nitrogens with zero attached hydrogens (tertiary/aromatic N) is 3. The molecule has 5 heteroatoms. The van der Waals surface area contributed by atoms with Gasteiger partial charge in [0.25, 0.3) is 5.91 Å². The van der Waals surface area contributed by atoms with Crippen molar-refractivity contribution in [3.63, 3.8) is 0 Å². The Hall–Kier alpha value is -4.25. The van der Waals surface area contributed by atoms with E-state index < -0.39 is 0 Å². The number of carbonyl (C=O) groups is 1. The number of anilines is 1. The van der Waals surface area contributed by atoms with E-state index >= 15 is 0 Å². The Morgan fingerprint density at radius 2 is 1.57 bits per heavy atom. The summed E-state index contributed by atoms with van der Waals surface area (Å²) in [4.78, 5) is 21.5. The van der Waals surface area contributed by atoms with Crippen LogP contribution in [0.5, 0.6) is 0 Å². The predicted octanol–water partition coefficient (Wildman–Crippen LogP) is 5.32. The Balaban J connectivity index is 1.35. The van der Waals surface area contributed by atoms with Gasteiger partial charge in [0, 0.05) is 35.4 Å². The van der Waals surface area contributed by atoms with Crippen LogP contribution in [0.15, 0.2) is 104 Å². The fraction of sp³-hybridized carbons (Fsp3) is 0. The fourth-order valence-electron chi connectivity index (χ4n) is 3.37. The second-order valence-corrected chi connectivity index (χ2v) is 6.93. The zero-order valence-electron chi connectivity index (χ0n) is 16.1. The Morgan fingerprint density at radius 1 is 0.800 bits per heavy atom. The van der Waals surface area contributed by atoms with Crippen molar-refractivity contribution in [2.45, 2.75) is 0 Å². The van der Waals surface area contributed by atoms with Gasteiger partial charge in [-0.2, -0.15) is 0 Å². The smallest absolute Gasteiger partial charge is 0.255 e. The second-order valence-electron chi connectivity index (χ2n) is 6.93. The highest BCUT2D eigenvalue weighted by molar-refractivity contribution is 6.04. The van der Waals surface area contributed by atoms with Gasteiger partial charge in [-0.3, -0.25) is 9.20 Å². The summed E-state index contributed by atoms with van der Waals surface area (Å²) in [6.45, 7) is 0. The number of fused-ring (bicyclic) bond motifs is 1. The summed E-state index contributed by atoms with van der Waals surface area (Å²) in [5.41, 5.74) is 5.25. The summed E-state index contributed by atoms with van der Waals surface area (Å²) < 4.78 is 1.87. The zero-order chi connectivity index (χ0) is 20.3. The van der Waals surface area contributed by atoms with E-state index in [0.717, 1.165) is 28.1 Å². The lowest BCUT2D eigenvalue weighted by Crippen LogP contribution is -2.11. The quantitative estimate of drug-likeness (QED) is 0.452. The van der Waals surface area contributed by atoms with E-state index in [9.17, 15) is 4.79 Å². The van der Waals surface area contributed by atoms with Gasteiger partial charge in [0.2, 0.25) is 5.78 Å². The molecule has 0 saturated carbocycles. The molecular formula is C25H18N4O. The maximum Gasteiger partial charge on any atom is 0.255 e. The molecule has 2 heterocycles. The third-order valence-corrected chi connectivity index (χ3v) is 4.91. The highest BCUT2D eigenvalue weighted by Crippen LogP contribution is 2.23. The lowest BCUT2D eigenvalue weighted by molar-refractivity contribution is 0.102. The van der Waals surface area contributed by atoms with Crippen molar-refractivity contribution in [3.8, 4) is 22.4 Å². The fourth-order valence-corrected chi connectivity index (χ4v) is 3.37. The molecule has 0 bridgehead atoms. The van der Waals surface area contributed by atoms with Gasteiger partial charge in [-0.15, -0.1) is 0 Å². The van der Waals surface area contributed by atoms with E-state index in [1.165, 1.54) is 0 Å². The molecule has 0 aliphatic carbocycles. The first kappa shape index (κ1) is 17.8. The number of hydrogen-bond donors (Lipinski definition) is 1. The van der Waals surface area contributed by atoms with Crippen molar-refractivity contribution < 1.29 is 4.79 Å². The maximum absolute atomic E-state index is 12.7. The van der Waals surface area contributed by atoms with Crippen LogP contribution >= 0.6 is 0 Å². The van der Waals surface area contributed by atoms with E-state index in [2.05, 4.69) is 27.4 Å². The molecule has 0 aliphatic rings. The van der Waals surface area contributed by atoms with Crippen LogP contribution in [-0.4, -0.2) is 20.3 Å². The SMILES string of the molecule is O=C(Nc1cccc(-c2cn3cccnc3n2)c1)c1ccc(-c2ccccc2)cc1. The molecule has 5 aromatic rings. The summed E-state index contributed by atoms with van der Waals surface area (Å²) in [5.74, 6) is 0.490. The summed E-state index contributed by atoms with van der Waals surface area (Å²) in [6, 6.07) is 27.2. The lowest BCUT2D eigenvalue weighted by Gasteiger charge is -2.08. The summed E-state index contributed by atoms with van der Waals surface area (Å²) in [7, 11) is 0. The number of aromatic nitrogens is 3. The molecule has 0 spiro atoms. The third kappa shape index (κ3) is 3.56. The molecule has 0 atom stereocenters. The largest absolute Gasteiger partial charge is 0.322 e. The molecule has 0 radical (unpaired) electrons. The minimum atomic E-state index is -0.150. The van der Waals surface area contributed by atoms with Crippen LogP contribution in [0.3, 0.4) is 0 Å². The van der Waals surface area contributed by atoms with Gasteiger partial charge < -0.3 is 5.32 Å². The van der Waals surface area contributed by atoms with Crippen molar-refractivity contribution in [1.82, 2.24) is 14.4 Å². The van der Waals surface area contributed by atoms with Crippen molar-refractivity contribution in [2.75, 3.05) is 5.32 Å². The van der Waals surface area contributed by atoms with Crippen LogP contribution in [-0.2, 0) is 0 Å². The first-order valence-electron chi connectivity index (χ1n) is 9.63. The van der Waals surface area contributed by atoms with E-state index in [1.807, 2.05) is 89.6 Å². The molecule has 5 nitrogen and oxygen atoms in total. The van der Waals surface area contributed by atoms with E-state index in [4.69, 9.17) is 0 Å². The average molecular weight is 390 g/mol. The van der Waals surface area contributed by atoms with Crippen molar-refractivity contribution in [2.24, 2.45) is 0 Å². The topological polar surface area (TPSA) is 59.3 Å². The van der Waals surface area contributed by atoms with E-state index in [0.29, 0.717) is 11.3 Å². The Labute approximate surface area is 173 Å². The molecule has 5 rings (SSSR count). The van der Waals surface area contributed by atoms with Gasteiger partial charge in [0.05, 0.1) is 5.69 Å². The maximum atomic E-state index is 12.7. The van der Waals surface area contributed by atoms with Crippen LogP contribution in [0.2, 0.25) is 0 Å². The molecule has 2 aromatic heterocycles. The standard InChI is InChI=1S/C25H18N4O/c30-24(20-12-10-19(11-13-20)18-6-2-1-3-7-18)27-22-9-4-8-21(16-22)23-17-29-15-5-14-26-25(29)28-23/h1-17H,(H,27,30). The first-order chi connectivity index (χ1) is 14.8. The zero-order valence-corrected chi connectivity index (χ0v) is 16.1. The molecule has 3 aromatic carbocycles. The normalized spacial score (nSPS) is 10.8. The Kier molecular flexibility index (Phi) is 4.54. The summed E-state index contributed by atoms with van der Waals surface area (Å²) in [5, 5.41) is 2.97. The number of rotatable bonds is 4. The van der Waals surface area contributed by atoms with Crippen molar-refractivity contribution in [3.05, 3.63) is 109 Å². The first-order valence-corrected chi connectivity index (χ1v) is 9.63. The van der Waals surface area contributed by atoms with Crippen molar-refractivity contribution >= 4 is 17.4 Å². The molecule has 1 N–H and O–H groups in total. The van der Waals surface area contributed by atoms with Crippen LogP contribution in [0.1, 0.15) is 10.4 Å². The van der Waals surface area contributed by atoms with Crippen LogP contribution in [0.25, 0.3) is 28.2 Å². The summed E-state index contributed by atoms with van der Waals surface area (Å²) >= 11 is 0. The second kappa shape index (κ2) is 7.64. The van der Waals surface area contributed by atoms with Gasteiger partial charge in [-0.1, -0.05) is 54.6 Å². The van der Waals surface area contributed by atoms with Crippen LogP contribution < -0.4 is 5.32 Å². The highest BCUT2D eigenvalue weighted by atomic mass is 16.1. The summed E-state index contributed by atoms with van der Waals surface area (Å²) in [6.07, 6.45) is 5.54. The van der Waals surface area contributed by atoms with Gasteiger partial charge >= 0.3 is 0 Å². The minimum absolute atomic E-state index is 0.150. The van der Waals surface area contributed by atoms with Gasteiger partial charge in [-0.05, 0) is 41.5 Å². The Morgan fingerprint density at radius 3 is 2.37 bits per heavy atom. The molecule has 0 saturated heterocycles. The molecule has 0 fully saturated rings. The molecule has 144 valence electrons.